The summed E-state index contributed by atoms with van der Waals surface area (Å²) in [4.78, 5) is 29.9. The Bertz CT molecular complexity index is 1210. The van der Waals surface area contributed by atoms with Crippen LogP contribution in [0, 0.1) is 6.92 Å². The zero-order valence-corrected chi connectivity index (χ0v) is 20.5. The van der Waals surface area contributed by atoms with Crippen molar-refractivity contribution in [3.8, 4) is 17.2 Å². The average molecular weight is 495 g/mol. The molecule has 1 aliphatic heterocycles. The van der Waals surface area contributed by atoms with E-state index in [4.69, 9.17) is 23.7 Å². The highest BCUT2D eigenvalue weighted by atomic mass is 16.6. The number of carbonyl (C=O) groups excluding carboxylic acids is 1. The average Bonchev–Trinajstić information content (AvgIpc) is 3.48. The van der Waals surface area contributed by atoms with Gasteiger partial charge in [-0.05, 0) is 42.7 Å². The van der Waals surface area contributed by atoms with E-state index < -0.39 is 12.1 Å². The summed E-state index contributed by atoms with van der Waals surface area (Å²) in [5.41, 5.74) is 4.43. The SMILES string of the molecule is COCCOC(=O)N1Cc2c(CCC(=O)O)ccc(OCCc3nc(-c4ccccc4)oc3C)c2C1. The Morgan fingerprint density at radius 2 is 1.81 bits per heavy atom. The van der Waals surface area contributed by atoms with Gasteiger partial charge in [-0.25, -0.2) is 9.78 Å². The smallest absolute Gasteiger partial charge is 0.410 e. The van der Waals surface area contributed by atoms with Crippen molar-refractivity contribution in [1.82, 2.24) is 9.88 Å². The molecule has 36 heavy (non-hydrogen) atoms. The second-order valence-electron chi connectivity index (χ2n) is 8.52. The molecular formula is C27H30N2O7. The summed E-state index contributed by atoms with van der Waals surface area (Å²) in [6.07, 6.45) is 0.510. The van der Waals surface area contributed by atoms with Gasteiger partial charge in [-0.3, -0.25) is 9.69 Å². The van der Waals surface area contributed by atoms with Gasteiger partial charge < -0.3 is 23.7 Å². The van der Waals surface area contributed by atoms with Crippen LogP contribution in [-0.4, -0.2) is 54.0 Å². The molecular weight excluding hydrogens is 464 g/mol. The molecule has 0 spiro atoms. The zero-order chi connectivity index (χ0) is 25.5. The molecule has 1 aliphatic rings. The summed E-state index contributed by atoms with van der Waals surface area (Å²) in [5, 5.41) is 9.13. The fraction of sp³-hybridized carbons (Fsp3) is 0.370. The predicted molar refractivity (Wildman–Crippen MR) is 131 cm³/mol. The molecule has 190 valence electrons. The summed E-state index contributed by atoms with van der Waals surface area (Å²) < 4.78 is 22.2. The number of carboxylic acids is 1. The van der Waals surface area contributed by atoms with Crippen LogP contribution in [0.25, 0.3) is 11.5 Å². The number of aliphatic carboxylic acids is 1. The Balaban J connectivity index is 1.45. The number of hydrogen-bond acceptors (Lipinski definition) is 7. The summed E-state index contributed by atoms with van der Waals surface area (Å²) >= 11 is 0. The van der Waals surface area contributed by atoms with Gasteiger partial charge in [-0.1, -0.05) is 24.3 Å². The van der Waals surface area contributed by atoms with Crippen LogP contribution in [0.5, 0.6) is 5.75 Å². The molecule has 0 fully saturated rings. The number of ether oxygens (including phenoxy) is 3. The number of aryl methyl sites for hydroxylation is 2. The van der Waals surface area contributed by atoms with Gasteiger partial charge in [0.1, 0.15) is 18.1 Å². The quantitative estimate of drug-likeness (QED) is 0.391. The summed E-state index contributed by atoms with van der Waals surface area (Å²) in [6.45, 7) is 3.42. The van der Waals surface area contributed by atoms with Crippen LogP contribution >= 0.6 is 0 Å². The highest BCUT2D eigenvalue weighted by Crippen LogP contribution is 2.35. The zero-order valence-electron chi connectivity index (χ0n) is 20.5. The van der Waals surface area contributed by atoms with E-state index in [-0.39, 0.29) is 13.0 Å². The number of carboxylic acid groups (broad SMARTS) is 1. The first kappa shape index (κ1) is 25.2. The Morgan fingerprint density at radius 3 is 2.56 bits per heavy atom. The van der Waals surface area contributed by atoms with Crippen LogP contribution < -0.4 is 4.74 Å². The number of benzene rings is 2. The van der Waals surface area contributed by atoms with Crippen molar-refractivity contribution >= 4 is 12.1 Å². The van der Waals surface area contributed by atoms with E-state index in [1.807, 2.05) is 49.4 Å². The Kier molecular flexibility index (Phi) is 8.22. The summed E-state index contributed by atoms with van der Waals surface area (Å²) in [5.74, 6) is 1.13. The van der Waals surface area contributed by atoms with E-state index in [2.05, 4.69) is 4.98 Å². The molecule has 0 saturated carbocycles. The molecule has 2 heterocycles. The van der Waals surface area contributed by atoms with Crippen LogP contribution in [0.15, 0.2) is 46.9 Å². The van der Waals surface area contributed by atoms with Crippen LogP contribution in [-0.2, 0) is 40.2 Å². The highest BCUT2D eigenvalue weighted by Gasteiger charge is 2.29. The number of amides is 1. The number of hydrogen-bond donors (Lipinski definition) is 1. The van der Waals surface area contributed by atoms with Crippen molar-refractivity contribution in [2.24, 2.45) is 0 Å². The van der Waals surface area contributed by atoms with Gasteiger partial charge in [0.25, 0.3) is 0 Å². The molecule has 0 atom stereocenters. The minimum Gasteiger partial charge on any atom is -0.493 e. The third-order valence-electron chi connectivity index (χ3n) is 6.07. The predicted octanol–water partition coefficient (Wildman–Crippen LogP) is 4.39. The van der Waals surface area contributed by atoms with E-state index in [0.717, 1.165) is 33.7 Å². The maximum absolute atomic E-state index is 12.5. The lowest BCUT2D eigenvalue weighted by atomic mass is 9.99. The molecule has 1 aromatic heterocycles. The molecule has 1 amide bonds. The first-order valence-electron chi connectivity index (χ1n) is 11.9. The van der Waals surface area contributed by atoms with Crippen LogP contribution in [0.2, 0.25) is 0 Å². The molecule has 0 bridgehead atoms. The minimum atomic E-state index is -0.865. The second-order valence-corrected chi connectivity index (χ2v) is 8.52. The maximum atomic E-state index is 12.5. The Hall–Kier alpha value is -3.85. The lowest BCUT2D eigenvalue weighted by Gasteiger charge is -2.15. The standard InChI is InChI=1S/C27H30N2O7/c1-18-23(28-26(36-18)20-6-4-3-5-7-20)12-13-34-24-10-8-19(9-11-25(30)31)21-16-29(17-22(21)24)27(32)35-15-14-33-2/h3-8,10H,9,11-17H2,1-2H3,(H,30,31). The second kappa shape index (κ2) is 11.7. The summed E-state index contributed by atoms with van der Waals surface area (Å²) in [6, 6.07) is 13.5. The lowest BCUT2D eigenvalue weighted by Crippen LogP contribution is -2.27. The van der Waals surface area contributed by atoms with Gasteiger partial charge >= 0.3 is 12.1 Å². The number of aromatic nitrogens is 1. The third-order valence-corrected chi connectivity index (χ3v) is 6.07. The first-order chi connectivity index (χ1) is 17.5. The van der Waals surface area contributed by atoms with Gasteiger partial charge in [0.15, 0.2) is 0 Å². The molecule has 3 aromatic rings. The minimum absolute atomic E-state index is 0.0140. The summed E-state index contributed by atoms with van der Waals surface area (Å²) in [7, 11) is 1.54. The monoisotopic (exact) mass is 494 g/mol. The van der Waals surface area contributed by atoms with Crippen molar-refractivity contribution in [1.29, 1.82) is 0 Å². The number of carbonyl (C=O) groups is 2. The topological polar surface area (TPSA) is 111 Å². The van der Waals surface area contributed by atoms with E-state index in [1.54, 1.807) is 12.0 Å². The highest BCUT2D eigenvalue weighted by molar-refractivity contribution is 5.70. The van der Waals surface area contributed by atoms with Crippen LogP contribution in [0.4, 0.5) is 4.79 Å². The van der Waals surface area contributed by atoms with E-state index in [0.29, 0.717) is 50.8 Å². The van der Waals surface area contributed by atoms with Gasteiger partial charge in [0.2, 0.25) is 5.89 Å². The van der Waals surface area contributed by atoms with Crippen molar-refractivity contribution in [2.45, 2.75) is 39.3 Å². The maximum Gasteiger partial charge on any atom is 0.410 e. The number of methoxy groups -OCH3 is 1. The van der Waals surface area contributed by atoms with E-state index in [9.17, 15) is 9.59 Å². The van der Waals surface area contributed by atoms with E-state index in [1.165, 1.54) is 0 Å². The van der Waals surface area contributed by atoms with Gasteiger partial charge in [-0.15, -0.1) is 0 Å². The van der Waals surface area contributed by atoms with Crippen molar-refractivity contribution < 1.29 is 33.3 Å². The first-order valence-corrected chi connectivity index (χ1v) is 11.9. The van der Waals surface area contributed by atoms with Crippen LogP contribution in [0.3, 0.4) is 0 Å². The van der Waals surface area contributed by atoms with E-state index >= 15 is 0 Å². The van der Waals surface area contributed by atoms with Gasteiger partial charge in [0.05, 0.1) is 32.0 Å². The van der Waals surface area contributed by atoms with Crippen LogP contribution in [0.1, 0.15) is 34.6 Å². The molecule has 2 aromatic carbocycles. The molecule has 1 N–H and O–H groups in total. The molecule has 0 aliphatic carbocycles. The fourth-order valence-corrected chi connectivity index (χ4v) is 4.19. The van der Waals surface area contributed by atoms with Gasteiger partial charge in [-0.2, -0.15) is 0 Å². The lowest BCUT2D eigenvalue weighted by molar-refractivity contribution is -0.136. The molecule has 0 unspecified atom stereocenters. The van der Waals surface area contributed by atoms with Gasteiger partial charge in [0, 0.05) is 31.1 Å². The Morgan fingerprint density at radius 1 is 1.03 bits per heavy atom. The normalized spacial score (nSPS) is 12.4. The van der Waals surface area contributed by atoms with Crippen molar-refractivity contribution in [2.75, 3.05) is 26.9 Å². The number of rotatable bonds is 11. The molecule has 9 heteroatoms. The van der Waals surface area contributed by atoms with Crippen molar-refractivity contribution in [3.63, 3.8) is 0 Å². The van der Waals surface area contributed by atoms with Crippen molar-refractivity contribution in [3.05, 3.63) is 70.6 Å². The molecule has 0 radical (unpaired) electrons. The molecule has 4 rings (SSSR count). The number of oxazole rings is 1. The Labute approximate surface area is 209 Å². The molecule has 0 saturated heterocycles. The fourth-order valence-electron chi connectivity index (χ4n) is 4.19. The number of nitrogens with zero attached hydrogens (tertiary/aromatic N) is 2. The largest absolute Gasteiger partial charge is 0.493 e. The third kappa shape index (κ3) is 6.04. The number of fused-ring (bicyclic) bond motifs is 1. The molecule has 9 nitrogen and oxygen atoms in total.